The standard InChI is InChI=1S/C16H27N5O2/c1-4-20(5-2)15(22)12-19(3)16(23)14-8-10-21(18-14)13-7-6-9-17-11-13/h8,10,13,17H,4-7,9,11-12H2,1-3H3. The molecule has 7 heteroatoms. The minimum absolute atomic E-state index is 0.0400. The van der Waals surface area contributed by atoms with Gasteiger partial charge in [-0.05, 0) is 39.3 Å². The lowest BCUT2D eigenvalue weighted by Gasteiger charge is -2.23. The Labute approximate surface area is 137 Å². The van der Waals surface area contributed by atoms with Crippen molar-refractivity contribution in [3.05, 3.63) is 18.0 Å². The number of aromatic nitrogens is 2. The van der Waals surface area contributed by atoms with Gasteiger partial charge in [0.05, 0.1) is 12.6 Å². The second kappa shape index (κ2) is 8.10. The summed E-state index contributed by atoms with van der Waals surface area (Å²) >= 11 is 0. The summed E-state index contributed by atoms with van der Waals surface area (Å²) in [4.78, 5) is 27.7. The van der Waals surface area contributed by atoms with E-state index in [1.807, 2.05) is 24.7 Å². The zero-order valence-corrected chi connectivity index (χ0v) is 14.3. The molecule has 1 aromatic heterocycles. The van der Waals surface area contributed by atoms with Gasteiger partial charge in [0.1, 0.15) is 5.69 Å². The van der Waals surface area contributed by atoms with E-state index in [4.69, 9.17) is 0 Å². The average molecular weight is 321 g/mol. The molecule has 1 saturated heterocycles. The largest absolute Gasteiger partial charge is 0.342 e. The van der Waals surface area contributed by atoms with Crippen LogP contribution in [0.1, 0.15) is 43.2 Å². The first-order valence-corrected chi connectivity index (χ1v) is 8.35. The molecule has 2 rings (SSSR count). The maximum Gasteiger partial charge on any atom is 0.274 e. The molecule has 1 N–H and O–H groups in total. The van der Waals surface area contributed by atoms with Crippen molar-refractivity contribution in [1.82, 2.24) is 24.9 Å². The smallest absolute Gasteiger partial charge is 0.274 e. The van der Waals surface area contributed by atoms with Crippen LogP contribution < -0.4 is 5.32 Å². The van der Waals surface area contributed by atoms with Gasteiger partial charge in [-0.15, -0.1) is 0 Å². The van der Waals surface area contributed by atoms with Crippen LogP contribution >= 0.6 is 0 Å². The summed E-state index contributed by atoms with van der Waals surface area (Å²) in [5, 5.41) is 7.75. The number of carbonyl (C=O) groups is 2. The zero-order chi connectivity index (χ0) is 16.8. The van der Waals surface area contributed by atoms with Gasteiger partial charge in [0.15, 0.2) is 0 Å². The van der Waals surface area contributed by atoms with Crippen LogP contribution in [0.3, 0.4) is 0 Å². The van der Waals surface area contributed by atoms with Crippen LogP contribution in [-0.4, -0.2) is 71.2 Å². The van der Waals surface area contributed by atoms with Gasteiger partial charge in [-0.25, -0.2) is 0 Å². The molecule has 0 aliphatic carbocycles. The Balaban J connectivity index is 1.96. The normalized spacial score (nSPS) is 17.8. The quantitative estimate of drug-likeness (QED) is 0.839. The molecule has 2 heterocycles. The summed E-state index contributed by atoms with van der Waals surface area (Å²) in [5.41, 5.74) is 0.394. The fourth-order valence-corrected chi connectivity index (χ4v) is 2.86. The molecule has 1 fully saturated rings. The van der Waals surface area contributed by atoms with Crippen LogP contribution in [0.4, 0.5) is 0 Å². The number of carbonyl (C=O) groups excluding carboxylic acids is 2. The molecule has 7 nitrogen and oxygen atoms in total. The molecule has 2 amide bonds. The number of rotatable bonds is 6. The Morgan fingerprint density at radius 3 is 2.74 bits per heavy atom. The van der Waals surface area contributed by atoms with Crippen LogP contribution in [0.15, 0.2) is 12.3 Å². The van der Waals surface area contributed by atoms with E-state index < -0.39 is 0 Å². The van der Waals surface area contributed by atoms with E-state index in [0.717, 1.165) is 25.9 Å². The second-order valence-corrected chi connectivity index (χ2v) is 5.91. The molecule has 23 heavy (non-hydrogen) atoms. The second-order valence-electron chi connectivity index (χ2n) is 5.91. The maximum atomic E-state index is 12.4. The fraction of sp³-hybridized carbons (Fsp3) is 0.688. The molecular formula is C16H27N5O2. The summed E-state index contributed by atoms with van der Waals surface area (Å²) < 4.78 is 1.86. The Morgan fingerprint density at radius 1 is 1.39 bits per heavy atom. The Bertz CT molecular complexity index is 532. The van der Waals surface area contributed by atoms with Gasteiger partial charge in [-0.1, -0.05) is 0 Å². The summed E-state index contributed by atoms with van der Waals surface area (Å²) in [7, 11) is 1.64. The van der Waals surface area contributed by atoms with E-state index in [9.17, 15) is 9.59 Å². The number of piperidine rings is 1. The molecular weight excluding hydrogens is 294 g/mol. The van der Waals surface area contributed by atoms with Gasteiger partial charge in [0, 0.05) is 32.9 Å². The Kier molecular flexibility index (Phi) is 6.15. The number of nitrogens with zero attached hydrogens (tertiary/aromatic N) is 4. The van der Waals surface area contributed by atoms with Crippen LogP contribution in [0.2, 0.25) is 0 Å². The third kappa shape index (κ3) is 4.31. The van der Waals surface area contributed by atoms with E-state index in [1.165, 1.54) is 4.90 Å². The average Bonchev–Trinajstić information content (AvgIpc) is 3.06. The lowest BCUT2D eigenvalue weighted by molar-refractivity contribution is -0.131. The molecule has 0 bridgehead atoms. The molecule has 0 spiro atoms. The molecule has 0 radical (unpaired) electrons. The van der Waals surface area contributed by atoms with Gasteiger partial charge in [-0.2, -0.15) is 5.10 Å². The summed E-state index contributed by atoms with van der Waals surface area (Å²) in [6.45, 7) is 7.18. The first kappa shape index (κ1) is 17.5. The molecule has 0 aromatic carbocycles. The molecule has 1 unspecified atom stereocenters. The summed E-state index contributed by atoms with van der Waals surface area (Å²) in [5.74, 6) is -0.255. The van der Waals surface area contributed by atoms with Crippen molar-refractivity contribution in [2.75, 3.05) is 39.8 Å². The van der Waals surface area contributed by atoms with E-state index >= 15 is 0 Å². The van der Waals surface area contributed by atoms with Gasteiger partial charge >= 0.3 is 0 Å². The highest BCUT2D eigenvalue weighted by molar-refractivity contribution is 5.94. The van der Waals surface area contributed by atoms with Crippen molar-refractivity contribution >= 4 is 11.8 Å². The lowest BCUT2D eigenvalue weighted by atomic mass is 10.1. The SMILES string of the molecule is CCN(CC)C(=O)CN(C)C(=O)c1ccn(C2CCCNC2)n1. The molecule has 1 aliphatic rings. The third-order valence-electron chi connectivity index (χ3n) is 4.31. The van der Waals surface area contributed by atoms with Crippen LogP contribution in [-0.2, 0) is 4.79 Å². The Morgan fingerprint density at radius 2 is 2.13 bits per heavy atom. The van der Waals surface area contributed by atoms with E-state index in [0.29, 0.717) is 24.8 Å². The zero-order valence-electron chi connectivity index (χ0n) is 14.3. The van der Waals surface area contributed by atoms with Gasteiger partial charge in [0.2, 0.25) is 5.91 Å². The number of nitrogens with one attached hydrogen (secondary N) is 1. The van der Waals surface area contributed by atoms with E-state index in [-0.39, 0.29) is 18.4 Å². The number of amides is 2. The topological polar surface area (TPSA) is 70.5 Å². The summed E-state index contributed by atoms with van der Waals surface area (Å²) in [6.07, 6.45) is 4.04. The summed E-state index contributed by atoms with van der Waals surface area (Å²) in [6, 6.07) is 2.03. The van der Waals surface area contributed by atoms with Crippen molar-refractivity contribution in [3.8, 4) is 0 Å². The first-order valence-electron chi connectivity index (χ1n) is 8.35. The third-order valence-corrected chi connectivity index (χ3v) is 4.31. The van der Waals surface area contributed by atoms with Crippen molar-refractivity contribution in [3.63, 3.8) is 0 Å². The molecule has 0 saturated carbocycles. The van der Waals surface area contributed by atoms with Crippen molar-refractivity contribution in [2.24, 2.45) is 0 Å². The lowest BCUT2D eigenvalue weighted by Crippen LogP contribution is -2.41. The van der Waals surface area contributed by atoms with Crippen molar-refractivity contribution in [2.45, 2.75) is 32.7 Å². The number of hydrogen-bond donors (Lipinski definition) is 1. The highest BCUT2D eigenvalue weighted by Gasteiger charge is 2.21. The number of hydrogen-bond acceptors (Lipinski definition) is 4. The van der Waals surface area contributed by atoms with Crippen LogP contribution in [0, 0.1) is 0 Å². The molecule has 1 aliphatic heterocycles. The molecule has 1 aromatic rings. The monoisotopic (exact) mass is 321 g/mol. The molecule has 128 valence electrons. The van der Waals surface area contributed by atoms with Crippen molar-refractivity contribution in [1.29, 1.82) is 0 Å². The number of likely N-dealkylation sites (N-methyl/N-ethyl adjacent to an activating group) is 2. The predicted octanol–water partition coefficient (Wildman–Crippen LogP) is 0.748. The van der Waals surface area contributed by atoms with Gasteiger partial charge < -0.3 is 15.1 Å². The highest BCUT2D eigenvalue weighted by atomic mass is 16.2. The fourth-order valence-electron chi connectivity index (χ4n) is 2.86. The van der Waals surface area contributed by atoms with Crippen molar-refractivity contribution < 1.29 is 9.59 Å². The molecule has 1 atom stereocenters. The van der Waals surface area contributed by atoms with E-state index in [1.54, 1.807) is 18.0 Å². The van der Waals surface area contributed by atoms with Crippen LogP contribution in [0.25, 0.3) is 0 Å². The first-order chi connectivity index (χ1) is 11.1. The van der Waals surface area contributed by atoms with Gasteiger partial charge in [-0.3, -0.25) is 14.3 Å². The minimum atomic E-state index is -0.215. The van der Waals surface area contributed by atoms with E-state index in [2.05, 4.69) is 10.4 Å². The maximum absolute atomic E-state index is 12.4. The van der Waals surface area contributed by atoms with Gasteiger partial charge in [0.25, 0.3) is 5.91 Å². The minimum Gasteiger partial charge on any atom is -0.342 e. The van der Waals surface area contributed by atoms with Crippen LogP contribution in [0.5, 0.6) is 0 Å². The highest BCUT2D eigenvalue weighted by Crippen LogP contribution is 2.16. The predicted molar refractivity (Wildman–Crippen MR) is 88.3 cm³/mol. The Hall–Kier alpha value is -1.89.